The van der Waals surface area contributed by atoms with Crippen LogP contribution in [0.5, 0.6) is 0 Å². The van der Waals surface area contributed by atoms with Gasteiger partial charge in [-0.05, 0) is 30.2 Å². The van der Waals surface area contributed by atoms with E-state index in [-0.39, 0.29) is 0 Å². The van der Waals surface area contributed by atoms with Gasteiger partial charge in [-0.1, -0.05) is 46.7 Å². The summed E-state index contributed by atoms with van der Waals surface area (Å²) in [4.78, 5) is 4.42. The van der Waals surface area contributed by atoms with Crippen LogP contribution in [-0.4, -0.2) is 30.3 Å². The number of rotatable bonds is 5. The van der Waals surface area contributed by atoms with E-state index in [2.05, 4.69) is 25.7 Å². The molecular weight excluding hydrogens is 300 g/mol. The first-order valence-electron chi connectivity index (χ1n) is 7.10. The molecule has 8 heteroatoms. The first kappa shape index (κ1) is 13.4. The Labute approximate surface area is 131 Å². The van der Waals surface area contributed by atoms with Crippen molar-refractivity contribution in [2.45, 2.75) is 36.7 Å². The number of hydrogen-bond acceptors (Lipinski definition) is 7. The van der Waals surface area contributed by atoms with Crippen LogP contribution in [0.1, 0.15) is 30.3 Å². The predicted octanol–water partition coefficient (Wildman–Crippen LogP) is 2.66. The zero-order valence-corrected chi connectivity index (χ0v) is 12.8. The highest BCUT2D eigenvalue weighted by Gasteiger charge is 2.28. The second-order valence-electron chi connectivity index (χ2n) is 5.30. The normalized spacial score (nSPS) is 14.4. The van der Waals surface area contributed by atoms with Crippen LogP contribution >= 0.6 is 11.8 Å². The van der Waals surface area contributed by atoms with Crippen molar-refractivity contribution in [3.05, 3.63) is 35.7 Å². The van der Waals surface area contributed by atoms with Crippen molar-refractivity contribution >= 4 is 11.8 Å². The van der Waals surface area contributed by atoms with Crippen molar-refractivity contribution in [1.29, 1.82) is 0 Å². The Morgan fingerprint density at radius 1 is 1.27 bits per heavy atom. The first-order chi connectivity index (χ1) is 10.8. The quantitative estimate of drug-likeness (QED) is 0.669. The summed E-state index contributed by atoms with van der Waals surface area (Å²) in [5, 5.41) is 16.6. The van der Waals surface area contributed by atoms with Gasteiger partial charge in [-0.15, -0.1) is 5.10 Å². The van der Waals surface area contributed by atoms with E-state index in [4.69, 9.17) is 4.52 Å². The van der Waals surface area contributed by atoms with Crippen LogP contribution in [0, 0.1) is 6.92 Å². The molecular formula is C14H14N6OS. The topological polar surface area (TPSA) is 82.5 Å². The van der Waals surface area contributed by atoms with Gasteiger partial charge < -0.3 is 4.52 Å². The molecule has 0 aliphatic heterocycles. The summed E-state index contributed by atoms with van der Waals surface area (Å²) in [7, 11) is 0. The number of aromatic nitrogens is 6. The molecule has 0 spiro atoms. The number of benzene rings is 1. The van der Waals surface area contributed by atoms with E-state index in [1.807, 2.05) is 35.9 Å². The van der Waals surface area contributed by atoms with E-state index in [1.54, 1.807) is 0 Å². The molecule has 1 aliphatic rings. The van der Waals surface area contributed by atoms with Crippen LogP contribution in [0.3, 0.4) is 0 Å². The summed E-state index contributed by atoms with van der Waals surface area (Å²) in [6.07, 6.45) is 2.30. The lowest BCUT2D eigenvalue weighted by Gasteiger charge is -1.99. The van der Waals surface area contributed by atoms with Crippen LogP contribution in [0.2, 0.25) is 0 Å². The largest absolute Gasteiger partial charge is 0.338 e. The minimum Gasteiger partial charge on any atom is -0.338 e. The third-order valence-corrected chi connectivity index (χ3v) is 4.38. The van der Waals surface area contributed by atoms with Crippen molar-refractivity contribution in [3.63, 3.8) is 0 Å². The standard InChI is InChI=1S/C14H14N6OS/c1-9-2-4-10(5-3-9)13-15-12(21-17-13)8-22-14-16-18-19-20(14)11-6-7-11/h2-5,11H,6-8H2,1H3. The fourth-order valence-electron chi connectivity index (χ4n) is 2.09. The van der Waals surface area contributed by atoms with E-state index in [0.717, 1.165) is 23.6 Å². The highest BCUT2D eigenvalue weighted by atomic mass is 32.2. The molecule has 0 radical (unpaired) electrons. The van der Waals surface area contributed by atoms with Crippen molar-refractivity contribution < 1.29 is 4.52 Å². The van der Waals surface area contributed by atoms with Gasteiger partial charge in [-0.25, -0.2) is 4.68 Å². The molecule has 2 aromatic heterocycles. The van der Waals surface area contributed by atoms with E-state index in [9.17, 15) is 0 Å². The molecule has 0 N–H and O–H groups in total. The lowest BCUT2D eigenvalue weighted by molar-refractivity contribution is 0.391. The maximum atomic E-state index is 5.30. The maximum Gasteiger partial charge on any atom is 0.237 e. The fourth-order valence-corrected chi connectivity index (χ4v) is 2.87. The highest BCUT2D eigenvalue weighted by Crippen LogP contribution is 2.36. The van der Waals surface area contributed by atoms with Gasteiger partial charge in [0, 0.05) is 5.56 Å². The minimum atomic E-state index is 0.461. The van der Waals surface area contributed by atoms with Crippen molar-refractivity contribution in [2.24, 2.45) is 0 Å². The molecule has 0 bridgehead atoms. The molecule has 1 fully saturated rings. The zero-order valence-electron chi connectivity index (χ0n) is 12.0. The molecule has 0 unspecified atom stereocenters. The molecule has 0 atom stereocenters. The highest BCUT2D eigenvalue weighted by molar-refractivity contribution is 7.98. The average Bonchev–Trinajstić information content (AvgIpc) is 3.09. The van der Waals surface area contributed by atoms with Crippen LogP contribution in [0.15, 0.2) is 33.9 Å². The van der Waals surface area contributed by atoms with Gasteiger partial charge >= 0.3 is 0 Å². The molecule has 1 aliphatic carbocycles. The van der Waals surface area contributed by atoms with Gasteiger partial charge in [-0.2, -0.15) is 4.98 Å². The molecule has 22 heavy (non-hydrogen) atoms. The number of thioether (sulfide) groups is 1. The lowest BCUT2D eigenvalue weighted by Crippen LogP contribution is -1.98. The number of tetrazole rings is 1. The lowest BCUT2D eigenvalue weighted by atomic mass is 10.1. The Balaban J connectivity index is 1.45. The van der Waals surface area contributed by atoms with Gasteiger partial charge in [0.1, 0.15) is 0 Å². The van der Waals surface area contributed by atoms with Crippen LogP contribution < -0.4 is 0 Å². The van der Waals surface area contributed by atoms with Crippen molar-refractivity contribution in [1.82, 2.24) is 30.3 Å². The SMILES string of the molecule is Cc1ccc(-c2noc(CSc3nnnn3C3CC3)n2)cc1. The van der Waals surface area contributed by atoms with Crippen LogP contribution in [-0.2, 0) is 5.75 Å². The second-order valence-corrected chi connectivity index (χ2v) is 6.25. The van der Waals surface area contributed by atoms with Gasteiger partial charge in [-0.3, -0.25) is 0 Å². The molecule has 1 aromatic carbocycles. The van der Waals surface area contributed by atoms with Gasteiger partial charge in [0.15, 0.2) is 0 Å². The molecule has 4 rings (SSSR count). The summed E-state index contributed by atoms with van der Waals surface area (Å²) < 4.78 is 7.18. The Hall–Kier alpha value is -2.22. The minimum absolute atomic E-state index is 0.461. The number of nitrogens with zero attached hydrogens (tertiary/aromatic N) is 6. The van der Waals surface area contributed by atoms with Gasteiger partial charge in [0.2, 0.25) is 16.9 Å². The third-order valence-electron chi connectivity index (χ3n) is 3.46. The van der Waals surface area contributed by atoms with Crippen LogP contribution in [0.25, 0.3) is 11.4 Å². The Bertz CT molecular complexity index is 777. The van der Waals surface area contributed by atoms with E-state index in [0.29, 0.717) is 23.5 Å². The van der Waals surface area contributed by atoms with Crippen LogP contribution in [0.4, 0.5) is 0 Å². The van der Waals surface area contributed by atoms with Gasteiger partial charge in [0.25, 0.3) is 0 Å². The van der Waals surface area contributed by atoms with E-state index >= 15 is 0 Å². The monoisotopic (exact) mass is 314 g/mol. The van der Waals surface area contributed by atoms with E-state index < -0.39 is 0 Å². The molecule has 7 nitrogen and oxygen atoms in total. The molecule has 0 saturated heterocycles. The Kier molecular flexibility index (Phi) is 3.38. The Morgan fingerprint density at radius 3 is 2.86 bits per heavy atom. The Morgan fingerprint density at radius 2 is 2.09 bits per heavy atom. The molecule has 3 aromatic rings. The number of aryl methyl sites for hydroxylation is 1. The average molecular weight is 314 g/mol. The van der Waals surface area contributed by atoms with Gasteiger partial charge in [0.05, 0.1) is 11.8 Å². The summed E-state index contributed by atoms with van der Waals surface area (Å²) in [6.45, 7) is 2.05. The van der Waals surface area contributed by atoms with E-state index in [1.165, 1.54) is 17.3 Å². The van der Waals surface area contributed by atoms with Crippen molar-refractivity contribution in [3.8, 4) is 11.4 Å². The maximum absolute atomic E-state index is 5.30. The summed E-state index contributed by atoms with van der Waals surface area (Å²) >= 11 is 1.52. The number of hydrogen-bond donors (Lipinski definition) is 0. The first-order valence-corrected chi connectivity index (χ1v) is 8.08. The molecule has 112 valence electrons. The van der Waals surface area contributed by atoms with Crippen molar-refractivity contribution in [2.75, 3.05) is 0 Å². The summed E-state index contributed by atoms with van der Waals surface area (Å²) in [6, 6.07) is 8.51. The summed E-state index contributed by atoms with van der Waals surface area (Å²) in [5.41, 5.74) is 2.16. The molecule has 1 saturated carbocycles. The molecule has 0 amide bonds. The third kappa shape index (κ3) is 2.74. The smallest absolute Gasteiger partial charge is 0.237 e. The second kappa shape index (κ2) is 5.53. The fraction of sp³-hybridized carbons (Fsp3) is 0.357. The predicted molar refractivity (Wildman–Crippen MR) is 80.1 cm³/mol. The molecule has 2 heterocycles. The zero-order chi connectivity index (χ0) is 14.9. The summed E-state index contributed by atoms with van der Waals surface area (Å²) in [5.74, 6) is 1.75.